The fourth-order valence-corrected chi connectivity index (χ4v) is 2.82. The van der Waals surface area contributed by atoms with Crippen molar-refractivity contribution in [3.05, 3.63) is 42.1 Å². The Morgan fingerprint density at radius 3 is 2.72 bits per heavy atom. The van der Waals surface area contributed by atoms with Crippen LogP contribution < -0.4 is 0 Å². The highest BCUT2D eigenvalue weighted by molar-refractivity contribution is 5.92. The van der Waals surface area contributed by atoms with Gasteiger partial charge in [0.1, 0.15) is 0 Å². The van der Waals surface area contributed by atoms with Gasteiger partial charge in [-0.15, -0.1) is 0 Å². The number of esters is 1. The summed E-state index contributed by atoms with van der Waals surface area (Å²) in [7, 11) is 1.46. The Labute approximate surface area is 106 Å². The SMILES string of the molecule is COC(=O)C1(c2ccnc3ccccc23)CCC1. The molecule has 3 nitrogen and oxygen atoms in total. The maximum absolute atomic E-state index is 12.1. The van der Waals surface area contributed by atoms with Gasteiger partial charge in [-0.1, -0.05) is 24.6 Å². The minimum atomic E-state index is -0.447. The van der Waals surface area contributed by atoms with E-state index in [4.69, 9.17) is 4.74 Å². The van der Waals surface area contributed by atoms with Crippen molar-refractivity contribution in [2.45, 2.75) is 24.7 Å². The molecule has 1 aromatic heterocycles. The van der Waals surface area contributed by atoms with Gasteiger partial charge in [-0.3, -0.25) is 9.78 Å². The fourth-order valence-electron chi connectivity index (χ4n) is 2.82. The van der Waals surface area contributed by atoms with Gasteiger partial charge in [0.2, 0.25) is 0 Å². The molecular weight excluding hydrogens is 226 g/mol. The molecule has 3 heteroatoms. The van der Waals surface area contributed by atoms with Gasteiger partial charge in [0.25, 0.3) is 0 Å². The highest BCUT2D eigenvalue weighted by Gasteiger charge is 2.47. The number of carbonyl (C=O) groups excluding carboxylic acids is 1. The Kier molecular flexibility index (Phi) is 2.54. The van der Waals surface area contributed by atoms with Crippen LogP contribution in [0.25, 0.3) is 10.9 Å². The molecule has 1 aromatic carbocycles. The van der Waals surface area contributed by atoms with Crippen LogP contribution in [0.1, 0.15) is 24.8 Å². The van der Waals surface area contributed by atoms with Crippen LogP contribution in [0.15, 0.2) is 36.5 Å². The summed E-state index contributed by atoms with van der Waals surface area (Å²) in [6.07, 6.45) is 4.59. The number of pyridine rings is 1. The third-order valence-corrected chi connectivity index (χ3v) is 3.95. The van der Waals surface area contributed by atoms with E-state index in [1.165, 1.54) is 7.11 Å². The molecule has 0 atom stereocenters. The number of methoxy groups -OCH3 is 1. The van der Waals surface area contributed by atoms with Crippen molar-refractivity contribution in [3.63, 3.8) is 0 Å². The maximum atomic E-state index is 12.1. The molecule has 0 radical (unpaired) electrons. The molecule has 2 aromatic rings. The fraction of sp³-hybridized carbons (Fsp3) is 0.333. The van der Waals surface area contributed by atoms with Crippen molar-refractivity contribution in [1.29, 1.82) is 0 Å². The maximum Gasteiger partial charge on any atom is 0.316 e. The average Bonchev–Trinajstić information content (AvgIpc) is 2.37. The summed E-state index contributed by atoms with van der Waals surface area (Å²) in [4.78, 5) is 16.5. The smallest absolute Gasteiger partial charge is 0.316 e. The molecule has 18 heavy (non-hydrogen) atoms. The van der Waals surface area contributed by atoms with Crippen molar-refractivity contribution < 1.29 is 9.53 Å². The lowest BCUT2D eigenvalue weighted by atomic mass is 9.64. The van der Waals surface area contributed by atoms with E-state index in [-0.39, 0.29) is 5.97 Å². The second-order valence-corrected chi connectivity index (χ2v) is 4.80. The first-order valence-corrected chi connectivity index (χ1v) is 6.20. The molecule has 0 aliphatic heterocycles. The zero-order valence-electron chi connectivity index (χ0n) is 10.3. The van der Waals surface area contributed by atoms with E-state index >= 15 is 0 Å². The van der Waals surface area contributed by atoms with E-state index in [9.17, 15) is 4.79 Å². The van der Waals surface area contributed by atoms with Crippen LogP contribution in [0, 0.1) is 0 Å². The standard InChI is InChI=1S/C15H15NO2/c1-18-14(17)15(8-4-9-15)12-7-10-16-13-6-3-2-5-11(12)13/h2-3,5-7,10H,4,8-9H2,1H3. The Morgan fingerprint density at radius 1 is 1.28 bits per heavy atom. The Morgan fingerprint density at radius 2 is 2.06 bits per heavy atom. The van der Waals surface area contributed by atoms with Crippen LogP contribution in [0.2, 0.25) is 0 Å². The van der Waals surface area contributed by atoms with Gasteiger partial charge in [-0.2, -0.15) is 0 Å². The number of rotatable bonds is 2. The van der Waals surface area contributed by atoms with Crippen molar-refractivity contribution in [2.75, 3.05) is 7.11 Å². The minimum Gasteiger partial charge on any atom is -0.468 e. The topological polar surface area (TPSA) is 39.2 Å². The molecule has 0 saturated heterocycles. The normalized spacial score (nSPS) is 17.2. The minimum absolute atomic E-state index is 0.120. The summed E-state index contributed by atoms with van der Waals surface area (Å²) in [5.74, 6) is -0.120. The Bertz CT molecular complexity index is 597. The van der Waals surface area contributed by atoms with Crippen molar-refractivity contribution in [3.8, 4) is 0 Å². The molecule has 0 bridgehead atoms. The average molecular weight is 241 g/mol. The number of fused-ring (bicyclic) bond motifs is 1. The number of hydrogen-bond acceptors (Lipinski definition) is 3. The van der Waals surface area contributed by atoms with Gasteiger partial charge in [-0.25, -0.2) is 0 Å². The molecule has 3 rings (SSSR count). The lowest BCUT2D eigenvalue weighted by molar-refractivity contribution is -0.151. The van der Waals surface area contributed by atoms with Crippen LogP contribution in [-0.4, -0.2) is 18.1 Å². The predicted molar refractivity (Wildman–Crippen MR) is 69.3 cm³/mol. The molecule has 0 amide bonds. The van der Waals surface area contributed by atoms with E-state index in [0.29, 0.717) is 0 Å². The lowest BCUT2D eigenvalue weighted by Gasteiger charge is -2.39. The van der Waals surface area contributed by atoms with Crippen LogP contribution in [0.5, 0.6) is 0 Å². The van der Waals surface area contributed by atoms with Gasteiger partial charge < -0.3 is 4.74 Å². The summed E-state index contributed by atoms with van der Waals surface area (Å²) < 4.78 is 5.00. The van der Waals surface area contributed by atoms with Gasteiger partial charge >= 0.3 is 5.97 Å². The summed E-state index contributed by atoms with van der Waals surface area (Å²) in [6.45, 7) is 0. The van der Waals surface area contributed by atoms with E-state index < -0.39 is 5.41 Å². The molecule has 1 aliphatic carbocycles. The number of aromatic nitrogens is 1. The molecule has 0 spiro atoms. The van der Waals surface area contributed by atoms with Gasteiger partial charge in [0.05, 0.1) is 18.0 Å². The molecule has 92 valence electrons. The van der Waals surface area contributed by atoms with Crippen LogP contribution in [0.4, 0.5) is 0 Å². The van der Waals surface area contributed by atoms with E-state index in [2.05, 4.69) is 4.98 Å². The summed E-state index contributed by atoms with van der Waals surface area (Å²) in [5, 5.41) is 1.06. The van der Waals surface area contributed by atoms with Gasteiger partial charge in [0, 0.05) is 11.6 Å². The quantitative estimate of drug-likeness (QED) is 0.759. The van der Waals surface area contributed by atoms with Crippen LogP contribution in [0.3, 0.4) is 0 Å². The second-order valence-electron chi connectivity index (χ2n) is 4.80. The molecule has 1 heterocycles. The number of para-hydroxylation sites is 1. The first-order valence-electron chi connectivity index (χ1n) is 6.20. The molecule has 0 N–H and O–H groups in total. The van der Waals surface area contributed by atoms with E-state index in [1.807, 2.05) is 30.3 Å². The first kappa shape index (κ1) is 11.2. The molecule has 0 unspecified atom stereocenters. The zero-order valence-corrected chi connectivity index (χ0v) is 10.3. The Balaban J connectivity index is 2.22. The zero-order chi connectivity index (χ0) is 12.6. The highest BCUT2D eigenvalue weighted by atomic mass is 16.5. The number of ether oxygens (including phenoxy) is 1. The van der Waals surface area contributed by atoms with Crippen molar-refractivity contribution >= 4 is 16.9 Å². The third kappa shape index (κ3) is 1.43. The first-order chi connectivity index (χ1) is 8.78. The molecule has 1 fully saturated rings. The van der Waals surface area contributed by atoms with Crippen molar-refractivity contribution in [2.24, 2.45) is 0 Å². The van der Waals surface area contributed by atoms with E-state index in [1.54, 1.807) is 6.20 Å². The molecule has 1 saturated carbocycles. The Hall–Kier alpha value is -1.90. The van der Waals surface area contributed by atoms with Crippen molar-refractivity contribution in [1.82, 2.24) is 4.98 Å². The summed E-state index contributed by atoms with van der Waals surface area (Å²) in [5.41, 5.74) is 1.55. The summed E-state index contributed by atoms with van der Waals surface area (Å²) >= 11 is 0. The number of nitrogens with zero attached hydrogens (tertiary/aromatic N) is 1. The largest absolute Gasteiger partial charge is 0.468 e. The monoisotopic (exact) mass is 241 g/mol. The van der Waals surface area contributed by atoms with E-state index in [0.717, 1.165) is 35.7 Å². The number of carbonyl (C=O) groups is 1. The van der Waals surface area contributed by atoms with Crippen LogP contribution >= 0.6 is 0 Å². The van der Waals surface area contributed by atoms with Crippen LogP contribution in [-0.2, 0) is 14.9 Å². The number of benzene rings is 1. The molecular formula is C15H15NO2. The predicted octanol–water partition coefficient (Wildman–Crippen LogP) is 2.83. The number of hydrogen-bond donors (Lipinski definition) is 0. The molecule has 1 aliphatic rings. The van der Waals surface area contributed by atoms with Gasteiger partial charge in [0.15, 0.2) is 0 Å². The summed E-state index contributed by atoms with van der Waals surface area (Å²) in [6, 6.07) is 9.91. The lowest BCUT2D eigenvalue weighted by Crippen LogP contribution is -2.43. The van der Waals surface area contributed by atoms with Gasteiger partial charge in [-0.05, 0) is 30.5 Å². The second kappa shape index (κ2) is 4.09. The highest BCUT2D eigenvalue weighted by Crippen LogP contribution is 2.46. The third-order valence-electron chi connectivity index (χ3n) is 3.95.